The minimum atomic E-state index is -0.551. The van der Waals surface area contributed by atoms with Crippen LogP contribution in [0.5, 0.6) is 0 Å². The summed E-state index contributed by atoms with van der Waals surface area (Å²) in [7, 11) is 0. The summed E-state index contributed by atoms with van der Waals surface area (Å²) >= 11 is 5.99. The zero-order valence-electron chi connectivity index (χ0n) is 18.5. The van der Waals surface area contributed by atoms with Crippen LogP contribution >= 0.6 is 11.6 Å². The fraction of sp³-hybridized carbons (Fsp3) is 0.440. The first kappa shape index (κ1) is 23.9. The second-order valence-electron chi connectivity index (χ2n) is 7.81. The molecule has 0 saturated carbocycles. The first-order valence-corrected chi connectivity index (χ1v) is 11.1. The Morgan fingerprint density at radius 2 is 1.50 bits per heavy atom. The van der Waals surface area contributed by atoms with E-state index in [1.165, 1.54) is 5.56 Å². The molecule has 0 aromatic heterocycles. The number of nitrogens with zero attached hydrogens (tertiary/aromatic N) is 1. The molecule has 2 atom stereocenters. The smallest absolute Gasteiger partial charge is 0.242 e. The molecule has 30 heavy (non-hydrogen) atoms. The van der Waals surface area contributed by atoms with E-state index in [0.29, 0.717) is 24.4 Å². The van der Waals surface area contributed by atoms with Crippen LogP contribution in [0.2, 0.25) is 5.02 Å². The first-order valence-electron chi connectivity index (χ1n) is 10.8. The van der Waals surface area contributed by atoms with Crippen molar-refractivity contribution >= 4 is 23.4 Å². The summed E-state index contributed by atoms with van der Waals surface area (Å²) in [5.74, 6) is -0.157. The number of nitrogens with one attached hydrogen (secondary N) is 1. The van der Waals surface area contributed by atoms with Crippen molar-refractivity contribution < 1.29 is 9.59 Å². The van der Waals surface area contributed by atoms with E-state index in [2.05, 4.69) is 36.5 Å². The van der Waals surface area contributed by atoms with Gasteiger partial charge in [-0.05, 0) is 61.9 Å². The number of benzene rings is 2. The van der Waals surface area contributed by atoms with Gasteiger partial charge in [-0.3, -0.25) is 9.59 Å². The molecule has 1 N–H and O–H groups in total. The van der Waals surface area contributed by atoms with Crippen LogP contribution in [0.3, 0.4) is 0 Å². The molecule has 0 unspecified atom stereocenters. The van der Waals surface area contributed by atoms with Gasteiger partial charge in [-0.2, -0.15) is 0 Å². The molecule has 2 aromatic carbocycles. The van der Waals surface area contributed by atoms with Gasteiger partial charge in [0.25, 0.3) is 0 Å². The van der Waals surface area contributed by atoms with Crippen molar-refractivity contribution in [2.75, 3.05) is 0 Å². The summed E-state index contributed by atoms with van der Waals surface area (Å²) in [5, 5.41) is 3.64. The maximum atomic E-state index is 13.1. The topological polar surface area (TPSA) is 49.4 Å². The van der Waals surface area contributed by atoms with Crippen LogP contribution in [0.1, 0.15) is 57.2 Å². The van der Waals surface area contributed by atoms with Gasteiger partial charge in [0, 0.05) is 24.0 Å². The summed E-state index contributed by atoms with van der Waals surface area (Å²) in [6.07, 6.45) is 2.86. The lowest BCUT2D eigenvalue weighted by molar-refractivity contribution is -0.140. The molecule has 0 heterocycles. The zero-order chi connectivity index (χ0) is 22.1. The summed E-state index contributed by atoms with van der Waals surface area (Å²) in [4.78, 5) is 27.5. The highest BCUT2D eigenvalue weighted by molar-refractivity contribution is 6.30. The van der Waals surface area contributed by atoms with E-state index in [9.17, 15) is 9.59 Å². The maximum absolute atomic E-state index is 13.1. The minimum absolute atomic E-state index is 0.0312. The van der Waals surface area contributed by atoms with E-state index in [4.69, 9.17) is 11.6 Å². The monoisotopic (exact) mass is 428 g/mol. The van der Waals surface area contributed by atoms with Crippen molar-refractivity contribution in [2.24, 2.45) is 0 Å². The molecule has 2 rings (SSSR count). The number of aryl methyl sites for hydroxylation is 2. The summed E-state index contributed by atoms with van der Waals surface area (Å²) in [5.41, 5.74) is 3.36. The predicted molar refractivity (Wildman–Crippen MR) is 124 cm³/mol. The molecule has 2 amide bonds. The predicted octanol–water partition coefficient (Wildman–Crippen LogP) is 5.17. The summed E-state index contributed by atoms with van der Waals surface area (Å²) < 4.78 is 0. The molecule has 0 radical (unpaired) electrons. The van der Waals surface area contributed by atoms with Crippen molar-refractivity contribution in [3.05, 3.63) is 70.2 Å². The molecule has 5 heteroatoms. The van der Waals surface area contributed by atoms with Crippen molar-refractivity contribution in [3.8, 4) is 0 Å². The fourth-order valence-corrected chi connectivity index (χ4v) is 3.30. The van der Waals surface area contributed by atoms with Gasteiger partial charge in [0.1, 0.15) is 6.04 Å². The average Bonchev–Trinajstić information content (AvgIpc) is 2.76. The van der Waals surface area contributed by atoms with Crippen LogP contribution < -0.4 is 5.32 Å². The number of hydrogen-bond acceptors (Lipinski definition) is 2. The number of halogens is 1. The van der Waals surface area contributed by atoms with Crippen LogP contribution in [0.25, 0.3) is 0 Å². The lowest BCUT2D eigenvalue weighted by Crippen LogP contribution is -2.49. The van der Waals surface area contributed by atoms with E-state index in [1.54, 1.807) is 24.0 Å². The second-order valence-corrected chi connectivity index (χ2v) is 8.25. The Morgan fingerprint density at radius 1 is 0.933 bits per heavy atom. The third kappa shape index (κ3) is 7.17. The third-order valence-corrected chi connectivity index (χ3v) is 5.75. The zero-order valence-corrected chi connectivity index (χ0v) is 19.2. The highest BCUT2D eigenvalue weighted by Gasteiger charge is 2.26. The van der Waals surface area contributed by atoms with Gasteiger partial charge in [-0.25, -0.2) is 0 Å². The number of carbonyl (C=O) groups excluding carboxylic acids is 2. The van der Waals surface area contributed by atoms with Crippen LogP contribution in [-0.2, 0) is 29.0 Å². The molecule has 0 fully saturated rings. The van der Waals surface area contributed by atoms with Gasteiger partial charge in [0.05, 0.1) is 0 Å². The Hall–Kier alpha value is -2.33. The highest BCUT2D eigenvalue weighted by atomic mass is 35.5. The fourth-order valence-electron chi connectivity index (χ4n) is 3.17. The molecule has 162 valence electrons. The number of hydrogen-bond donors (Lipinski definition) is 1. The molecule has 2 aromatic rings. The maximum Gasteiger partial charge on any atom is 0.242 e. The number of rotatable bonds is 10. The first-order chi connectivity index (χ1) is 14.3. The van der Waals surface area contributed by atoms with Crippen molar-refractivity contribution in [1.82, 2.24) is 10.2 Å². The quantitative estimate of drug-likeness (QED) is 0.567. The van der Waals surface area contributed by atoms with Gasteiger partial charge in [-0.1, -0.05) is 61.8 Å². The Labute approximate surface area is 185 Å². The van der Waals surface area contributed by atoms with E-state index in [1.807, 2.05) is 26.0 Å². The molecule has 0 spiro atoms. The average molecular weight is 429 g/mol. The molecule has 0 aliphatic carbocycles. The normalized spacial score (nSPS) is 12.8. The second kappa shape index (κ2) is 11.8. The SMILES string of the molecule is CCc1ccc(CCC(=O)N(Cc2ccc(Cl)cc2)[C@@H](C)C(=O)N[C@H](C)CC)cc1. The molecule has 0 aliphatic heterocycles. The van der Waals surface area contributed by atoms with Gasteiger partial charge < -0.3 is 10.2 Å². The van der Waals surface area contributed by atoms with Crippen LogP contribution in [0.4, 0.5) is 0 Å². The van der Waals surface area contributed by atoms with Crippen LogP contribution in [-0.4, -0.2) is 28.8 Å². The van der Waals surface area contributed by atoms with Gasteiger partial charge >= 0.3 is 0 Å². The van der Waals surface area contributed by atoms with Crippen molar-refractivity contribution in [2.45, 2.75) is 72.0 Å². The van der Waals surface area contributed by atoms with Gasteiger partial charge in [0.15, 0.2) is 0 Å². The van der Waals surface area contributed by atoms with E-state index < -0.39 is 6.04 Å². The highest BCUT2D eigenvalue weighted by Crippen LogP contribution is 2.16. The van der Waals surface area contributed by atoms with Gasteiger partial charge in [0.2, 0.25) is 11.8 Å². The van der Waals surface area contributed by atoms with E-state index in [-0.39, 0.29) is 17.9 Å². The molecule has 0 aliphatic rings. The number of carbonyl (C=O) groups is 2. The van der Waals surface area contributed by atoms with Crippen LogP contribution in [0, 0.1) is 0 Å². The van der Waals surface area contributed by atoms with Crippen molar-refractivity contribution in [1.29, 1.82) is 0 Å². The summed E-state index contributed by atoms with van der Waals surface area (Å²) in [6.45, 7) is 8.28. The lowest BCUT2D eigenvalue weighted by atomic mass is 10.0. The molecule has 4 nitrogen and oxygen atoms in total. The van der Waals surface area contributed by atoms with E-state index >= 15 is 0 Å². The minimum Gasteiger partial charge on any atom is -0.352 e. The van der Waals surface area contributed by atoms with E-state index in [0.717, 1.165) is 24.0 Å². The van der Waals surface area contributed by atoms with Gasteiger partial charge in [-0.15, -0.1) is 0 Å². The van der Waals surface area contributed by atoms with Crippen LogP contribution in [0.15, 0.2) is 48.5 Å². The Bertz CT molecular complexity index is 818. The molecular weight excluding hydrogens is 396 g/mol. The number of amides is 2. The van der Waals surface area contributed by atoms with Crippen molar-refractivity contribution in [3.63, 3.8) is 0 Å². The largest absolute Gasteiger partial charge is 0.352 e. The standard InChI is InChI=1S/C25H33ClN2O2/c1-5-18(3)27-25(30)19(4)28(17-22-11-14-23(26)15-12-22)24(29)16-13-21-9-7-20(6-2)8-10-21/h7-12,14-15,18-19H,5-6,13,16-17H2,1-4H3,(H,27,30)/t18-,19+/m1/s1. The molecular formula is C25H33ClN2O2. The Kier molecular flexibility index (Phi) is 9.38. The molecule has 0 saturated heterocycles. The lowest BCUT2D eigenvalue weighted by Gasteiger charge is -2.30. The summed E-state index contributed by atoms with van der Waals surface area (Å²) in [6, 6.07) is 15.3. The third-order valence-electron chi connectivity index (χ3n) is 5.49. The molecule has 0 bridgehead atoms. The Balaban J connectivity index is 2.12. The Morgan fingerprint density at radius 3 is 2.07 bits per heavy atom.